The summed E-state index contributed by atoms with van der Waals surface area (Å²) < 4.78 is 5.13. The maximum absolute atomic E-state index is 11.3. The number of hydrogen-bond acceptors (Lipinski definition) is 5. The summed E-state index contributed by atoms with van der Waals surface area (Å²) >= 11 is 1.16. The van der Waals surface area contributed by atoms with Crippen LogP contribution in [0.15, 0.2) is 32.6 Å². The number of furan rings is 1. The van der Waals surface area contributed by atoms with Crippen molar-refractivity contribution in [3.8, 4) is 0 Å². The SMILES string of the molecule is Cc1[nH]c(=O)nc(SCc2ccco2)c1C(=O)O. The highest BCUT2D eigenvalue weighted by atomic mass is 32.2. The van der Waals surface area contributed by atoms with E-state index in [-0.39, 0.29) is 10.6 Å². The Bertz CT molecular complexity index is 618. The summed E-state index contributed by atoms with van der Waals surface area (Å²) in [5, 5.41) is 9.29. The van der Waals surface area contributed by atoms with Gasteiger partial charge in [-0.2, -0.15) is 4.98 Å². The van der Waals surface area contributed by atoms with Crippen molar-refractivity contribution in [2.45, 2.75) is 17.7 Å². The molecule has 0 spiro atoms. The van der Waals surface area contributed by atoms with Gasteiger partial charge in [0.15, 0.2) is 0 Å². The van der Waals surface area contributed by atoms with Crippen LogP contribution in [0.25, 0.3) is 0 Å². The first kappa shape index (κ1) is 12.4. The monoisotopic (exact) mass is 266 g/mol. The smallest absolute Gasteiger partial charge is 0.346 e. The number of aryl methyl sites for hydroxylation is 1. The Morgan fingerprint density at radius 2 is 2.39 bits per heavy atom. The minimum atomic E-state index is -1.11. The van der Waals surface area contributed by atoms with Gasteiger partial charge in [-0.3, -0.25) is 0 Å². The Morgan fingerprint density at radius 1 is 1.61 bits per heavy atom. The second-order valence-corrected chi connectivity index (χ2v) is 4.48. The maximum Gasteiger partial charge on any atom is 0.346 e. The molecule has 2 N–H and O–H groups in total. The standard InChI is InChI=1S/C11H10N2O4S/c1-6-8(10(14)15)9(13-11(16)12-6)18-5-7-3-2-4-17-7/h2-4H,5H2,1H3,(H,14,15)(H,12,13,16). The van der Waals surface area contributed by atoms with Crippen LogP contribution < -0.4 is 5.69 Å². The van der Waals surface area contributed by atoms with E-state index in [9.17, 15) is 9.59 Å². The van der Waals surface area contributed by atoms with Crippen LogP contribution in [0.3, 0.4) is 0 Å². The van der Waals surface area contributed by atoms with Crippen LogP contribution in [-0.4, -0.2) is 21.0 Å². The number of aromatic amines is 1. The summed E-state index contributed by atoms with van der Waals surface area (Å²) in [6.45, 7) is 1.53. The molecule has 0 amide bonds. The van der Waals surface area contributed by atoms with E-state index in [1.54, 1.807) is 12.1 Å². The van der Waals surface area contributed by atoms with Gasteiger partial charge in [-0.1, -0.05) is 11.8 Å². The highest BCUT2D eigenvalue weighted by molar-refractivity contribution is 7.98. The first-order valence-electron chi connectivity index (χ1n) is 5.07. The van der Waals surface area contributed by atoms with Crippen molar-refractivity contribution in [2.75, 3.05) is 0 Å². The van der Waals surface area contributed by atoms with Crippen LogP contribution in [0.1, 0.15) is 21.8 Å². The molecule has 2 rings (SSSR count). The molecule has 0 fully saturated rings. The Hall–Kier alpha value is -2.02. The largest absolute Gasteiger partial charge is 0.478 e. The summed E-state index contributed by atoms with van der Waals surface area (Å²) in [6.07, 6.45) is 1.53. The van der Waals surface area contributed by atoms with E-state index in [1.807, 2.05) is 0 Å². The fraction of sp³-hybridized carbons (Fsp3) is 0.182. The summed E-state index contributed by atoms with van der Waals surface area (Å²) in [5.74, 6) is -0.00216. The average Bonchev–Trinajstić information content (AvgIpc) is 2.77. The third kappa shape index (κ3) is 2.62. The molecule has 94 valence electrons. The molecule has 2 aromatic rings. The number of rotatable bonds is 4. The summed E-state index contributed by atoms with van der Waals surface area (Å²) in [6, 6.07) is 3.51. The Kier molecular flexibility index (Phi) is 3.52. The summed E-state index contributed by atoms with van der Waals surface area (Å²) in [5.41, 5.74) is -0.241. The lowest BCUT2D eigenvalue weighted by Gasteiger charge is -2.05. The Morgan fingerprint density at radius 3 is 3.00 bits per heavy atom. The van der Waals surface area contributed by atoms with E-state index < -0.39 is 11.7 Å². The molecule has 0 atom stereocenters. The van der Waals surface area contributed by atoms with Crippen molar-refractivity contribution in [3.63, 3.8) is 0 Å². The van der Waals surface area contributed by atoms with Crippen molar-refractivity contribution >= 4 is 17.7 Å². The normalized spacial score (nSPS) is 10.5. The summed E-state index contributed by atoms with van der Waals surface area (Å²) in [4.78, 5) is 28.4. The Labute approximate surface area is 106 Å². The van der Waals surface area contributed by atoms with Crippen LogP contribution >= 0.6 is 11.8 Å². The molecule has 2 heterocycles. The van der Waals surface area contributed by atoms with Crippen molar-refractivity contribution in [3.05, 3.63) is 45.9 Å². The van der Waals surface area contributed by atoms with Gasteiger partial charge in [-0.25, -0.2) is 9.59 Å². The molecule has 0 aliphatic carbocycles. The zero-order valence-electron chi connectivity index (χ0n) is 9.47. The maximum atomic E-state index is 11.3. The number of nitrogens with one attached hydrogen (secondary N) is 1. The topological polar surface area (TPSA) is 96.2 Å². The zero-order chi connectivity index (χ0) is 13.1. The molecule has 0 aromatic carbocycles. The molecule has 7 heteroatoms. The minimum absolute atomic E-state index is 0.0196. The number of carbonyl (C=O) groups is 1. The number of H-pyrrole nitrogens is 1. The highest BCUT2D eigenvalue weighted by Gasteiger charge is 2.17. The third-order valence-corrected chi connectivity index (χ3v) is 3.23. The lowest BCUT2D eigenvalue weighted by atomic mass is 10.2. The van der Waals surface area contributed by atoms with Crippen LogP contribution in [0.5, 0.6) is 0 Å². The first-order chi connectivity index (χ1) is 8.58. The molecule has 18 heavy (non-hydrogen) atoms. The first-order valence-corrected chi connectivity index (χ1v) is 6.06. The number of thioether (sulfide) groups is 1. The van der Waals surface area contributed by atoms with E-state index in [2.05, 4.69) is 9.97 Å². The molecule has 2 aromatic heterocycles. The van der Waals surface area contributed by atoms with Gasteiger partial charge in [0.1, 0.15) is 16.3 Å². The zero-order valence-corrected chi connectivity index (χ0v) is 10.3. The van der Waals surface area contributed by atoms with Gasteiger partial charge in [0.25, 0.3) is 0 Å². The van der Waals surface area contributed by atoms with Gasteiger partial charge in [0.05, 0.1) is 12.0 Å². The molecule has 0 saturated heterocycles. The number of nitrogens with zero attached hydrogens (tertiary/aromatic N) is 1. The summed E-state index contributed by atoms with van der Waals surface area (Å²) in [7, 11) is 0. The van der Waals surface area contributed by atoms with Gasteiger partial charge >= 0.3 is 11.7 Å². The second-order valence-electron chi connectivity index (χ2n) is 3.52. The van der Waals surface area contributed by atoms with Crippen molar-refractivity contribution < 1.29 is 14.3 Å². The molecule has 0 aliphatic rings. The molecule has 0 aliphatic heterocycles. The lowest BCUT2D eigenvalue weighted by molar-refractivity contribution is 0.0690. The highest BCUT2D eigenvalue weighted by Crippen LogP contribution is 2.24. The Balaban J connectivity index is 2.31. The number of aromatic carboxylic acids is 1. The average molecular weight is 266 g/mol. The molecule has 6 nitrogen and oxygen atoms in total. The number of carboxylic acids is 1. The molecular weight excluding hydrogens is 256 g/mol. The van der Waals surface area contributed by atoms with E-state index >= 15 is 0 Å². The van der Waals surface area contributed by atoms with Gasteiger partial charge in [-0.15, -0.1) is 0 Å². The van der Waals surface area contributed by atoms with Gasteiger partial charge in [-0.05, 0) is 19.1 Å². The fourth-order valence-corrected chi connectivity index (χ4v) is 2.43. The number of carboxylic acid groups (broad SMARTS) is 1. The van der Waals surface area contributed by atoms with Crippen LogP contribution in [0, 0.1) is 6.92 Å². The van der Waals surface area contributed by atoms with Crippen LogP contribution in [0.2, 0.25) is 0 Å². The minimum Gasteiger partial charge on any atom is -0.478 e. The predicted octanol–water partition coefficient (Wildman–Crippen LogP) is 1.66. The quantitative estimate of drug-likeness (QED) is 0.645. The fourth-order valence-electron chi connectivity index (χ4n) is 1.45. The van der Waals surface area contributed by atoms with E-state index in [1.165, 1.54) is 13.2 Å². The number of aromatic nitrogens is 2. The molecule has 0 radical (unpaired) electrons. The second kappa shape index (κ2) is 5.09. The van der Waals surface area contributed by atoms with Gasteiger partial charge in [0, 0.05) is 5.69 Å². The van der Waals surface area contributed by atoms with Crippen LogP contribution in [0.4, 0.5) is 0 Å². The van der Waals surface area contributed by atoms with Crippen molar-refractivity contribution in [2.24, 2.45) is 0 Å². The number of hydrogen-bond donors (Lipinski definition) is 2. The van der Waals surface area contributed by atoms with E-state index in [0.717, 1.165) is 11.8 Å². The van der Waals surface area contributed by atoms with Crippen LogP contribution in [-0.2, 0) is 5.75 Å². The van der Waals surface area contributed by atoms with Crippen molar-refractivity contribution in [1.29, 1.82) is 0 Å². The van der Waals surface area contributed by atoms with Gasteiger partial charge in [0.2, 0.25) is 0 Å². The van der Waals surface area contributed by atoms with E-state index in [4.69, 9.17) is 9.52 Å². The molecular formula is C11H10N2O4S. The lowest BCUT2D eigenvalue weighted by Crippen LogP contribution is -2.18. The van der Waals surface area contributed by atoms with Crippen molar-refractivity contribution in [1.82, 2.24) is 9.97 Å². The molecule has 0 bridgehead atoms. The van der Waals surface area contributed by atoms with Gasteiger partial charge < -0.3 is 14.5 Å². The molecule has 0 unspecified atom stereocenters. The van der Waals surface area contributed by atoms with E-state index in [0.29, 0.717) is 17.2 Å². The molecule has 0 saturated carbocycles. The predicted molar refractivity (Wildman–Crippen MR) is 64.8 cm³/mol. The third-order valence-electron chi connectivity index (χ3n) is 2.23.